The van der Waals surface area contributed by atoms with Crippen LogP contribution in [0.3, 0.4) is 0 Å². The molecular formula is C19H37IN6O2. The molecular weight excluding hydrogens is 471 g/mol. The van der Waals surface area contributed by atoms with E-state index in [-0.39, 0.29) is 24.0 Å². The molecule has 1 aliphatic rings. The zero-order chi connectivity index (χ0) is 19.5. The number of guanidine groups is 1. The molecule has 2 rings (SSSR count). The van der Waals surface area contributed by atoms with Crippen LogP contribution in [0.1, 0.15) is 50.7 Å². The highest BCUT2D eigenvalue weighted by molar-refractivity contribution is 14.0. The van der Waals surface area contributed by atoms with E-state index in [9.17, 15) is 0 Å². The lowest BCUT2D eigenvalue weighted by Crippen LogP contribution is -2.47. The smallest absolute Gasteiger partial charge is 0.191 e. The lowest BCUT2D eigenvalue weighted by molar-refractivity contribution is 0.0732. The van der Waals surface area contributed by atoms with Crippen molar-refractivity contribution in [2.75, 3.05) is 40.0 Å². The number of nitrogens with zero attached hydrogens (tertiary/aromatic N) is 4. The van der Waals surface area contributed by atoms with E-state index >= 15 is 0 Å². The summed E-state index contributed by atoms with van der Waals surface area (Å²) in [6.07, 6.45) is 5.85. The highest BCUT2D eigenvalue weighted by Gasteiger charge is 2.36. The minimum Gasteiger partial charge on any atom is -0.385 e. The monoisotopic (exact) mass is 508 g/mol. The number of aliphatic imine (C=N–C) groups is 1. The molecule has 0 unspecified atom stereocenters. The number of methoxy groups -OCH3 is 1. The molecule has 9 heteroatoms. The molecule has 1 aromatic heterocycles. The van der Waals surface area contributed by atoms with Crippen LogP contribution in [0.4, 0.5) is 0 Å². The topological polar surface area (TPSA) is 85.6 Å². The van der Waals surface area contributed by atoms with Crippen molar-refractivity contribution < 1.29 is 9.47 Å². The first-order valence-electron chi connectivity index (χ1n) is 10.0. The Labute approximate surface area is 186 Å². The number of hydrogen-bond acceptors (Lipinski definition) is 5. The largest absolute Gasteiger partial charge is 0.385 e. The highest BCUT2D eigenvalue weighted by Crippen LogP contribution is 2.43. The third kappa shape index (κ3) is 7.82. The van der Waals surface area contributed by atoms with Crippen LogP contribution in [0.15, 0.2) is 4.99 Å². The Morgan fingerprint density at radius 3 is 2.61 bits per heavy atom. The molecule has 1 saturated carbocycles. The molecule has 0 spiro atoms. The third-order valence-corrected chi connectivity index (χ3v) is 5.40. The van der Waals surface area contributed by atoms with Gasteiger partial charge in [-0.05, 0) is 44.9 Å². The average molecular weight is 508 g/mol. The van der Waals surface area contributed by atoms with Gasteiger partial charge in [0.05, 0.1) is 0 Å². The van der Waals surface area contributed by atoms with Crippen molar-refractivity contribution in [1.82, 2.24) is 25.4 Å². The van der Waals surface area contributed by atoms with Gasteiger partial charge < -0.3 is 24.7 Å². The minimum absolute atomic E-state index is 0. The SMILES string of the molecule is CCOCCCNC(=NCc1nnc(C)n1C)NCC1(CCOC)CCC1.I. The van der Waals surface area contributed by atoms with Crippen molar-refractivity contribution in [2.24, 2.45) is 17.5 Å². The number of ether oxygens (including phenoxy) is 2. The summed E-state index contributed by atoms with van der Waals surface area (Å²) in [7, 11) is 3.74. The molecule has 162 valence electrons. The molecule has 0 saturated heterocycles. The molecule has 28 heavy (non-hydrogen) atoms. The first kappa shape index (κ1) is 25.1. The number of nitrogens with one attached hydrogen (secondary N) is 2. The van der Waals surface area contributed by atoms with Gasteiger partial charge in [-0.3, -0.25) is 0 Å². The number of hydrogen-bond donors (Lipinski definition) is 2. The van der Waals surface area contributed by atoms with Gasteiger partial charge in [0, 0.05) is 47.1 Å². The van der Waals surface area contributed by atoms with Crippen LogP contribution in [0.25, 0.3) is 0 Å². The van der Waals surface area contributed by atoms with Crippen molar-refractivity contribution in [1.29, 1.82) is 0 Å². The Bertz CT molecular complexity index is 589. The van der Waals surface area contributed by atoms with Crippen molar-refractivity contribution in [2.45, 2.75) is 52.5 Å². The van der Waals surface area contributed by atoms with Crippen LogP contribution in [0.5, 0.6) is 0 Å². The Balaban J connectivity index is 0.00000392. The fraction of sp³-hybridized carbons (Fsp3) is 0.842. The highest BCUT2D eigenvalue weighted by atomic mass is 127. The molecule has 2 N–H and O–H groups in total. The molecule has 0 aliphatic heterocycles. The van der Waals surface area contributed by atoms with Crippen molar-refractivity contribution in [3.8, 4) is 0 Å². The molecule has 1 heterocycles. The van der Waals surface area contributed by atoms with Gasteiger partial charge in [0.15, 0.2) is 11.8 Å². The van der Waals surface area contributed by atoms with E-state index in [2.05, 4.69) is 20.8 Å². The van der Waals surface area contributed by atoms with Gasteiger partial charge in [0.2, 0.25) is 0 Å². The van der Waals surface area contributed by atoms with Gasteiger partial charge in [-0.1, -0.05) is 6.42 Å². The van der Waals surface area contributed by atoms with E-state index in [1.54, 1.807) is 7.11 Å². The predicted molar refractivity (Wildman–Crippen MR) is 122 cm³/mol. The van der Waals surface area contributed by atoms with E-state index in [4.69, 9.17) is 14.5 Å². The van der Waals surface area contributed by atoms with Gasteiger partial charge in [-0.2, -0.15) is 0 Å². The van der Waals surface area contributed by atoms with Crippen molar-refractivity contribution >= 4 is 29.9 Å². The van der Waals surface area contributed by atoms with E-state index in [1.165, 1.54) is 19.3 Å². The average Bonchev–Trinajstić information content (AvgIpc) is 2.96. The quantitative estimate of drug-likeness (QED) is 0.195. The number of halogens is 1. The Hall–Kier alpha value is -0.940. The molecule has 0 bridgehead atoms. The van der Waals surface area contributed by atoms with Crippen LogP contribution in [0, 0.1) is 12.3 Å². The summed E-state index contributed by atoms with van der Waals surface area (Å²) in [5, 5.41) is 15.3. The summed E-state index contributed by atoms with van der Waals surface area (Å²) in [6.45, 7) is 8.55. The second kappa shape index (κ2) is 13.3. The van der Waals surface area contributed by atoms with E-state index in [0.717, 1.165) is 63.4 Å². The molecule has 0 atom stereocenters. The fourth-order valence-corrected chi connectivity index (χ4v) is 3.22. The first-order valence-corrected chi connectivity index (χ1v) is 10.0. The fourth-order valence-electron chi connectivity index (χ4n) is 3.22. The molecule has 1 aromatic rings. The maximum Gasteiger partial charge on any atom is 0.191 e. The second-order valence-electron chi connectivity index (χ2n) is 7.31. The summed E-state index contributed by atoms with van der Waals surface area (Å²) in [5.74, 6) is 2.59. The van der Waals surface area contributed by atoms with Crippen molar-refractivity contribution in [3.63, 3.8) is 0 Å². The van der Waals surface area contributed by atoms with Gasteiger partial charge in [0.1, 0.15) is 12.4 Å². The molecule has 8 nitrogen and oxygen atoms in total. The van der Waals surface area contributed by atoms with Crippen LogP contribution in [-0.4, -0.2) is 60.7 Å². The Kier molecular flexibility index (Phi) is 11.9. The van der Waals surface area contributed by atoms with Crippen LogP contribution >= 0.6 is 24.0 Å². The third-order valence-electron chi connectivity index (χ3n) is 5.40. The van der Waals surface area contributed by atoms with Crippen LogP contribution in [-0.2, 0) is 23.1 Å². The van der Waals surface area contributed by atoms with Gasteiger partial charge in [0.25, 0.3) is 0 Å². The lowest BCUT2D eigenvalue weighted by atomic mass is 9.67. The number of rotatable bonds is 12. The first-order chi connectivity index (χ1) is 13.1. The van der Waals surface area contributed by atoms with E-state index in [0.29, 0.717) is 12.0 Å². The van der Waals surface area contributed by atoms with Crippen LogP contribution in [0.2, 0.25) is 0 Å². The Morgan fingerprint density at radius 1 is 1.25 bits per heavy atom. The summed E-state index contributed by atoms with van der Waals surface area (Å²) < 4.78 is 12.7. The predicted octanol–water partition coefficient (Wildman–Crippen LogP) is 2.41. The normalized spacial score (nSPS) is 15.6. The number of aryl methyl sites for hydroxylation is 1. The van der Waals surface area contributed by atoms with Gasteiger partial charge >= 0.3 is 0 Å². The zero-order valence-electron chi connectivity index (χ0n) is 17.8. The lowest BCUT2D eigenvalue weighted by Gasteiger charge is -2.42. The maximum atomic E-state index is 5.41. The molecule has 1 aliphatic carbocycles. The molecule has 1 fully saturated rings. The number of aromatic nitrogens is 3. The summed E-state index contributed by atoms with van der Waals surface area (Å²) in [4.78, 5) is 4.73. The van der Waals surface area contributed by atoms with Crippen molar-refractivity contribution in [3.05, 3.63) is 11.6 Å². The van der Waals surface area contributed by atoms with E-state index < -0.39 is 0 Å². The molecule has 0 amide bonds. The molecule has 0 aromatic carbocycles. The maximum absolute atomic E-state index is 5.41. The van der Waals surface area contributed by atoms with Gasteiger partial charge in [-0.15, -0.1) is 34.2 Å². The summed E-state index contributed by atoms with van der Waals surface area (Å²) in [6, 6.07) is 0. The standard InChI is InChI=1S/C19H36N6O2.HI/c1-5-27-12-7-11-20-18(21-14-17-24-23-16(2)25(17)3)22-15-19(8-6-9-19)10-13-26-4;/h5-15H2,1-4H3,(H2,20,21,22);1H. The van der Waals surface area contributed by atoms with E-state index in [1.807, 2.05) is 25.5 Å². The second-order valence-corrected chi connectivity index (χ2v) is 7.31. The summed E-state index contributed by atoms with van der Waals surface area (Å²) in [5.41, 5.74) is 0.338. The van der Waals surface area contributed by atoms with Crippen LogP contribution < -0.4 is 10.6 Å². The van der Waals surface area contributed by atoms with Gasteiger partial charge in [-0.25, -0.2) is 4.99 Å². The Morgan fingerprint density at radius 2 is 2.04 bits per heavy atom. The molecule has 0 radical (unpaired) electrons. The minimum atomic E-state index is 0. The zero-order valence-corrected chi connectivity index (χ0v) is 20.1. The summed E-state index contributed by atoms with van der Waals surface area (Å²) >= 11 is 0.